The molecule has 5 nitrogen and oxygen atoms in total. The van der Waals surface area contributed by atoms with E-state index in [-0.39, 0.29) is 5.91 Å². The number of methoxy groups -OCH3 is 1. The molecular formula is C22H22ClN3O2. The third-order valence-corrected chi connectivity index (χ3v) is 4.57. The number of hydrogen-bond donors (Lipinski definition) is 1. The third kappa shape index (κ3) is 4.43. The highest BCUT2D eigenvalue weighted by Crippen LogP contribution is 2.29. The summed E-state index contributed by atoms with van der Waals surface area (Å²) >= 11 is 6.04. The molecule has 3 aromatic rings. The third-order valence-electron chi connectivity index (χ3n) is 4.34. The maximum Gasteiger partial charge on any atom is 0.257 e. The molecular weight excluding hydrogens is 374 g/mol. The zero-order valence-corrected chi connectivity index (χ0v) is 16.8. The molecule has 0 spiro atoms. The van der Waals surface area contributed by atoms with Crippen molar-refractivity contribution in [3.05, 3.63) is 77.1 Å². The number of nitrogens with one attached hydrogen (secondary N) is 1. The maximum atomic E-state index is 12.8. The van der Waals surface area contributed by atoms with E-state index in [1.54, 1.807) is 37.7 Å². The summed E-state index contributed by atoms with van der Waals surface area (Å²) in [5.74, 6) is 0.257. The lowest BCUT2D eigenvalue weighted by molar-refractivity contribution is 0.102. The number of anilines is 3. The van der Waals surface area contributed by atoms with Gasteiger partial charge in [-0.1, -0.05) is 23.7 Å². The highest BCUT2D eigenvalue weighted by molar-refractivity contribution is 6.31. The summed E-state index contributed by atoms with van der Waals surface area (Å²) in [6.07, 6.45) is 3.29. The van der Waals surface area contributed by atoms with E-state index in [2.05, 4.69) is 41.2 Å². The fourth-order valence-corrected chi connectivity index (χ4v) is 3.15. The number of benzene rings is 2. The Morgan fingerprint density at radius 3 is 2.68 bits per heavy atom. The van der Waals surface area contributed by atoms with Crippen molar-refractivity contribution in [1.82, 2.24) is 4.98 Å². The molecule has 144 valence electrons. The van der Waals surface area contributed by atoms with Gasteiger partial charge in [0.1, 0.15) is 5.75 Å². The van der Waals surface area contributed by atoms with E-state index < -0.39 is 0 Å². The monoisotopic (exact) mass is 395 g/mol. The van der Waals surface area contributed by atoms with Crippen molar-refractivity contribution < 1.29 is 9.53 Å². The molecule has 1 N–H and O–H groups in total. The summed E-state index contributed by atoms with van der Waals surface area (Å²) < 4.78 is 5.29. The SMILES string of the molecule is CCN(c1cccc(C)c1)c1cncc(C(=O)Nc2cc(Cl)ccc2OC)c1. The second kappa shape index (κ2) is 8.76. The molecule has 6 heteroatoms. The van der Waals surface area contributed by atoms with Crippen LogP contribution in [0.5, 0.6) is 5.75 Å². The van der Waals surface area contributed by atoms with Crippen LogP contribution < -0.4 is 15.0 Å². The second-order valence-corrected chi connectivity index (χ2v) is 6.75. The minimum Gasteiger partial charge on any atom is -0.495 e. The summed E-state index contributed by atoms with van der Waals surface area (Å²) in [6, 6.07) is 15.1. The number of pyridine rings is 1. The number of ether oxygens (including phenoxy) is 1. The van der Waals surface area contributed by atoms with Crippen molar-refractivity contribution >= 4 is 34.6 Å². The van der Waals surface area contributed by atoms with Crippen LogP contribution >= 0.6 is 11.6 Å². The van der Waals surface area contributed by atoms with Crippen LogP contribution in [0.1, 0.15) is 22.8 Å². The van der Waals surface area contributed by atoms with E-state index in [0.717, 1.165) is 17.9 Å². The quantitative estimate of drug-likeness (QED) is 0.601. The largest absolute Gasteiger partial charge is 0.495 e. The summed E-state index contributed by atoms with van der Waals surface area (Å²) in [6.45, 7) is 4.86. The molecule has 28 heavy (non-hydrogen) atoms. The van der Waals surface area contributed by atoms with Crippen LogP contribution in [0.2, 0.25) is 5.02 Å². The van der Waals surface area contributed by atoms with Crippen molar-refractivity contribution in [2.75, 3.05) is 23.9 Å². The molecule has 1 heterocycles. The molecule has 0 bridgehead atoms. The van der Waals surface area contributed by atoms with Crippen molar-refractivity contribution in [3.8, 4) is 5.75 Å². The van der Waals surface area contributed by atoms with Crippen LogP contribution in [0.3, 0.4) is 0 Å². The van der Waals surface area contributed by atoms with Gasteiger partial charge in [0.25, 0.3) is 5.91 Å². The molecule has 0 saturated heterocycles. The Morgan fingerprint density at radius 2 is 1.96 bits per heavy atom. The number of carbonyl (C=O) groups is 1. The number of aromatic nitrogens is 1. The Hall–Kier alpha value is -3.05. The van der Waals surface area contributed by atoms with Gasteiger partial charge in [0.2, 0.25) is 0 Å². The van der Waals surface area contributed by atoms with E-state index >= 15 is 0 Å². The fourth-order valence-electron chi connectivity index (χ4n) is 2.98. The van der Waals surface area contributed by atoms with Crippen molar-refractivity contribution in [2.24, 2.45) is 0 Å². The number of hydrogen-bond acceptors (Lipinski definition) is 4. The second-order valence-electron chi connectivity index (χ2n) is 6.31. The van der Waals surface area contributed by atoms with E-state index in [4.69, 9.17) is 16.3 Å². The van der Waals surface area contributed by atoms with Crippen molar-refractivity contribution in [3.63, 3.8) is 0 Å². The van der Waals surface area contributed by atoms with Crippen LogP contribution in [0.4, 0.5) is 17.1 Å². The first-order valence-electron chi connectivity index (χ1n) is 8.96. The smallest absolute Gasteiger partial charge is 0.257 e. The van der Waals surface area contributed by atoms with Gasteiger partial charge in [0.05, 0.1) is 30.2 Å². The Morgan fingerprint density at radius 1 is 1.14 bits per heavy atom. The van der Waals surface area contributed by atoms with Crippen LogP contribution in [0.25, 0.3) is 0 Å². The lowest BCUT2D eigenvalue weighted by Gasteiger charge is -2.23. The van der Waals surface area contributed by atoms with E-state index in [0.29, 0.717) is 22.0 Å². The molecule has 0 aliphatic rings. The Balaban J connectivity index is 1.88. The predicted octanol–water partition coefficient (Wildman–Crippen LogP) is 5.46. The molecule has 0 fully saturated rings. The van der Waals surface area contributed by atoms with Gasteiger partial charge < -0.3 is 15.0 Å². The summed E-state index contributed by atoms with van der Waals surface area (Å²) in [5.41, 5.74) is 4.03. The standard InChI is InChI=1S/C22H22ClN3O2/c1-4-26(18-7-5-6-15(2)10-18)19-11-16(13-24-14-19)22(27)25-20-12-17(23)8-9-21(20)28-3/h5-14H,4H2,1-3H3,(H,25,27). The van der Waals surface area contributed by atoms with E-state index in [9.17, 15) is 4.79 Å². The molecule has 0 saturated carbocycles. The first-order valence-corrected chi connectivity index (χ1v) is 9.33. The van der Waals surface area contributed by atoms with Gasteiger partial charge >= 0.3 is 0 Å². The lowest BCUT2D eigenvalue weighted by Crippen LogP contribution is -2.18. The molecule has 1 aromatic heterocycles. The van der Waals surface area contributed by atoms with Gasteiger partial charge in [-0.3, -0.25) is 9.78 Å². The average Bonchev–Trinajstić information content (AvgIpc) is 2.69. The Labute approximate surface area is 169 Å². The summed E-state index contributed by atoms with van der Waals surface area (Å²) in [4.78, 5) is 19.2. The number of amides is 1. The molecule has 1 amide bonds. The summed E-state index contributed by atoms with van der Waals surface area (Å²) in [5, 5.41) is 3.36. The first-order chi connectivity index (χ1) is 13.5. The van der Waals surface area contributed by atoms with Gasteiger partial charge in [-0.15, -0.1) is 0 Å². The Kier molecular flexibility index (Phi) is 6.16. The maximum absolute atomic E-state index is 12.8. The van der Waals surface area contributed by atoms with Gasteiger partial charge in [-0.25, -0.2) is 0 Å². The highest BCUT2D eigenvalue weighted by Gasteiger charge is 2.14. The number of carbonyl (C=O) groups excluding carboxylic acids is 1. The van der Waals surface area contributed by atoms with Crippen molar-refractivity contribution in [1.29, 1.82) is 0 Å². The average molecular weight is 396 g/mol. The number of nitrogens with zero attached hydrogens (tertiary/aromatic N) is 2. The van der Waals surface area contributed by atoms with Crippen LogP contribution in [-0.2, 0) is 0 Å². The highest BCUT2D eigenvalue weighted by atomic mass is 35.5. The van der Waals surface area contributed by atoms with Crippen molar-refractivity contribution in [2.45, 2.75) is 13.8 Å². The number of aryl methyl sites for hydroxylation is 1. The van der Waals surface area contributed by atoms with E-state index in [1.807, 2.05) is 18.2 Å². The summed E-state index contributed by atoms with van der Waals surface area (Å²) in [7, 11) is 1.54. The fraction of sp³-hybridized carbons (Fsp3) is 0.182. The predicted molar refractivity (Wildman–Crippen MR) is 114 cm³/mol. The lowest BCUT2D eigenvalue weighted by atomic mass is 10.1. The normalized spacial score (nSPS) is 10.4. The van der Waals surface area contributed by atoms with Gasteiger partial charge in [0.15, 0.2) is 0 Å². The minimum absolute atomic E-state index is 0.282. The van der Waals surface area contributed by atoms with E-state index in [1.165, 1.54) is 5.56 Å². The molecule has 0 aliphatic carbocycles. The topological polar surface area (TPSA) is 54.5 Å². The van der Waals surface area contributed by atoms with Gasteiger partial charge in [-0.05, 0) is 55.8 Å². The van der Waals surface area contributed by atoms with Crippen LogP contribution in [0.15, 0.2) is 60.9 Å². The zero-order valence-electron chi connectivity index (χ0n) is 16.1. The zero-order chi connectivity index (χ0) is 20.1. The molecule has 0 radical (unpaired) electrons. The number of rotatable bonds is 6. The minimum atomic E-state index is -0.282. The van der Waals surface area contributed by atoms with Crippen LogP contribution in [0, 0.1) is 6.92 Å². The van der Waals surface area contributed by atoms with Gasteiger partial charge in [-0.2, -0.15) is 0 Å². The molecule has 0 unspecified atom stereocenters. The molecule has 0 aliphatic heterocycles. The molecule has 3 rings (SSSR count). The Bertz CT molecular complexity index is 991. The first kappa shape index (κ1) is 19.7. The van der Waals surface area contributed by atoms with Crippen LogP contribution in [-0.4, -0.2) is 24.5 Å². The molecule has 0 atom stereocenters. The van der Waals surface area contributed by atoms with Gasteiger partial charge in [0, 0.05) is 23.5 Å². The molecule has 2 aromatic carbocycles. The number of halogens is 1.